The maximum absolute atomic E-state index is 11.9. The molecule has 4 heteroatoms. The van der Waals surface area contributed by atoms with E-state index in [4.69, 9.17) is 0 Å². The van der Waals surface area contributed by atoms with E-state index in [9.17, 15) is 4.79 Å². The molecule has 1 aromatic heterocycles. The molecule has 1 fully saturated rings. The molecule has 1 aliphatic rings. The summed E-state index contributed by atoms with van der Waals surface area (Å²) in [6.45, 7) is 0. The van der Waals surface area contributed by atoms with Crippen molar-refractivity contribution in [2.75, 3.05) is 5.32 Å². The van der Waals surface area contributed by atoms with Crippen LogP contribution in [0.1, 0.15) is 19.3 Å². The van der Waals surface area contributed by atoms with Gasteiger partial charge in [-0.25, -0.2) is 4.68 Å². The van der Waals surface area contributed by atoms with Crippen LogP contribution in [0.4, 0.5) is 5.69 Å². The lowest BCUT2D eigenvalue weighted by Gasteiger charge is -2.24. The number of anilines is 1. The minimum absolute atomic E-state index is 0.138. The van der Waals surface area contributed by atoms with Gasteiger partial charge in [0.15, 0.2) is 0 Å². The Labute approximate surface area is 106 Å². The van der Waals surface area contributed by atoms with Crippen LogP contribution >= 0.6 is 0 Å². The Kier molecular flexibility index (Phi) is 2.84. The molecule has 0 aliphatic heterocycles. The van der Waals surface area contributed by atoms with Gasteiger partial charge in [-0.3, -0.25) is 4.79 Å². The Morgan fingerprint density at radius 2 is 2.22 bits per heavy atom. The van der Waals surface area contributed by atoms with E-state index in [1.807, 2.05) is 36.5 Å². The van der Waals surface area contributed by atoms with Crippen molar-refractivity contribution in [3.8, 4) is 5.69 Å². The third-order valence-corrected chi connectivity index (χ3v) is 3.36. The number of carbonyl (C=O) groups excluding carboxylic acids is 1. The summed E-state index contributed by atoms with van der Waals surface area (Å²) < 4.78 is 1.78. The number of nitrogens with one attached hydrogen (secondary N) is 1. The first-order valence-corrected chi connectivity index (χ1v) is 6.24. The number of benzene rings is 1. The summed E-state index contributed by atoms with van der Waals surface area (Å²) in [5.74, 6) is 0.345. The molecule has 1 N–H and O–H groups in total. The molecule has 0 atom stereocenters. The fraction of sp³-hybridized carbons (Fsp3) is 0.286. The first-order chi connectivity index (χ1) is 8.83. The second-order valence-corrected chi connectivity index (χ2v) is 4.62. The molecule has 1 amide bonds. The minimum atomic E-state index is 0.138. The highest BCUT2D eigenvalue weighted by molar-refractivity contribution is 5.93. The largest absolute Gasteiger partial charge is 0.326 e. The first-order valence-electron chi connectivity index (χ1n) is 6.24. The van der Waals surface area contributed by atoms with Gasteiger partial charge in [-0.2, -0.15) is 5.10 Å². The summed E-state index contributed by atoms with van der Waals surface area (Å²) >= 11 is 0. The van der Waals surface area contributed by atoms with E-state index in [2.05, 4.69) is 10.4 Å². The van der Waals surface area contributed by atoms with Gasteiger partial charge in [-0.1, -0.05) is 12.5 Å². The van der Waals surface area contributed by atoms with Crippen molar-refractivity contribution in [3.63, 3.8) is 0 Å². The lowest BCUT2D eigenvalue weighted by atomic mass is 9.85. The fourth-order valence-electron chi connectivity index (χ4n) is 2.06. The summed E-state index contributed by atoms with van der Waals surface area (Å²) in [5, 5.41) is 7.14. The lowest BCUT2D eigenvalue weighted by Crippen LogP contribution is -2.28. The zero-order valence-electron chi connectivity index (χ0n) is 10.0. The van der Waals surface area contributed by atoms with Gasteiger partial charge in [0.25, 0.3) is 0 Å². The molecule has 4 nitrogen and oxygen atoms in total. The standard InChI is InChI=1S/C14H15N3O/c18-14(11-4-1-5-11)16-12-6-2-7-13(10-12)17-9-3-8-15-17/h2-3,6-11H,1,4-5H2,(H,16,18). The third-order valence-electron chi connectivity index (χ3n) is 3.36. The normalized spacial score (nSPS) is 15.1. The molecular weight excluding hydrogens is 226 g/mol. The van der Waals surface area contributed by atoms with Crippen LogP contribution in [0.2, 0.25) is 0 Å². The van der Waals surface area contributed by atoms with Crippen LogP contribution in [-0.4, -0.2) is 15.7 Å². The second kappa shape index (κ2) is 4.64. The number of amides is 1. The Balaban J connectivity index is 1.76. The molecule has 2 aromatic rings. The van der Waals surface area contributed by atoms with Crippen molar-refractivity contribution in [2.45, 2.75) is 19.3 Å². The van der Waals surface area contributed by atoms with Crippen LogP contribution in [0.3, 0.4) is 0 Å². The molecule has 0 spiro atoms. The minimum Gasteiger partial charge on any atom is -0.326 e. The molecule has 1 aromatic carbocycles. The van der Waals surface area contributed by atoms with Gasteiger partial charge in [-0.05, 0) is 37.1 Å². The summed E-state index contributed by atoms with van der Waals surface area (Å²) in [6.07, 6.45) is 6.83. The number of hydrogen-bond donors (Lipinski definition) is 1. The van der Waals surface area contributed by atoms with Crippen LogP contribution in [-0.2, 0) is 4.79 Å². The van der Waals surface area contributed by atoms with Crippen molar-refractivity contribution in [2.24, 2.45) is 5.92 Å². The van der Waals surface area contributed by atoms with E-state index in [1.165, 1.54) is 6.42 Å². The van der Waals surface area contributed by atoms with Crippen LogP contribution in [0.25, 0.3) is 5.69 Å². The zero-order chi connectivity index (χ0) is 12.4. The average Bonchev–Trinajstić information content (AvgIpc) is 2.80. The maximum atomic E-state index is 11.9. The predicted octanol–water partition coefficient (Wildman–Crippen LogP) is 2.61. The van der Waals surface area contributed by atoms with Gasteiger partial charge < -0.3 is 5.32 Å². The number of carbonyl (C=O) groups is 1. The van der Waals surface area contributed by atoms with Crippen LogP contribution in [0.5, 0.6) is 0 Å². The zero-order valence-corrected chi connectivity index (χ0v) is 10.0. The van der Waals surface area contributed by atoms with Crippen LogP contribution in [0, 0.1) is 5.92 Å². The number of aromatic nitrogens is 2. The first kappa shape index (κ1) is 11.0. The third kappa shape index (κ3) is 2.14. The van der Waals surface area contributed by atoms with Crippen LogP contribution in [0.15, 0.2) is 42.7 Å². The predicted molar refractivity (Wildman–Crippen MR) is 69.5 cm³/mol. The summed E-state index contributed by atoms with van der Waals surface area (Å²) in [7, 11) is 0. The average molecular weight is 241 g/mol. The van der Waals surface area contributed by atoms with Crippen molar-refractivity contribution >= 4 is 11.6 Å². The highest BCUT2D eigenvalue weighted by Gasteiger charge is 2.25. The molecule has 0 saturated heterocycles. The van der Waals surface area contributed by atoms with Crippen molar-refractivity contribution < 1.29 is 4.79 Å². The van der Waals surface area contributed by atoms with Gasteiger partial charge in [-0.15, -0.1) is 0 Å². The van der Waals surface area contributed by atoms with Gasteiger partial charge in [0, 0.05) is 24.0 Å². The second-order valence-electron chi connectivity index (χ2n) is 4.62. The van der Waals surface area contributed by atoms with E-state index in [0.29, 0.717) is 0 Å². The van der Waals surface area contributed by atoms with Crippen molar-refractivity contribution in [1.29, 1.82) is 0 Å². The monoisotopic (exact) mass is 241 g/mol. The number of nitrogens with zero attached hydrogens (tertiary/aromatic N) is 2. The SMILES string of the molecule is O=C(Nc1cccc(-n2cccn2)c1)C1CCC1. The Bertz CT molecular complexity index is 544. The lowest BCUT2D eigenvalue weighted by molar-refractivity contribution is -0.122. The van der Waals surface area contributed by atoms with E-state index < -0.39 is 0 Å². The molecule has 92 valence electrons. The smallest absolute Gasteiger partial charge is 0.227 e. The number of hydrogen-bond acceptors (Lipinski definition) is 2. The highest BCUT2D eigenvalue weighted by Crippen LogP contribution is 2.27. The van der Waals surface area contributed by atoms with Crippen molar-refractivity contribution in [3.05, 3.63) is 42.7 Å². The van der Waals surface area contributed by atoms with Crippen LogP contribution < -0.4 is 5.32 Å². The Hall–Kier alpha value is -2.10. The van der Waals surface area contributed by atoms with Crippen molar-refractivity contribution in [1.82, 2.24) is 9.78 Å². The maximum Gasteiger partial charge on any atom is 0.227 e. The molecule has 3 rings (SSSR count). The number of rotatable bonds is 3. The summed E-state index contributed by atoms with van der Waals surface area (Å²) in [6, 6.07) is 9.60. The fourth-order valence-corrected chi connectivity index (χ4v) is 2.06. The highest BCUT2D eigenvalue weighted by atomic mass is 16.1. The summed E-state index contributed by atoms with van der Waals surface area (Å²) in [5.41, 5.74) is 1.78. The van der Waals surface area contributed by atoms with Gasteiger partial charge in [0.2, 0.25) is 5.91 Å². The van der Waals surface area contributed by atoms with E-state index in [0.717, 1.165) is 24.2 Å². The molecule has 0 radical (unpaired) electrons. The molecule has 1 saturated carbocycles. The summed E-state index contributed by atoms with van der Waals surface area (Å²) in [4.78, 5) is 11.9. The Morgan fingerprint density at radius 3 is 2.89 bits per heavy atom. The molecule has 1 aliphatic carbocycles. The van der Waals surface area contributed by atoms with E-state index in [-0.39, 0.29) is 11.8 Å². The van der Waals surface area contributed by atoms with E-state index >= 15 is 0 Å². The molecule has 1 heterocycles. The van der Waals surface area contributed by atoms with Gasteiger partial charge in [0.1, 0.15) is 0 Å². The molecular formula is C14H15N3O. The quantitative estimate of drug-likeness (QED) is 0.897. The molecule has 0 bridgehead atoms. The van der Waals surface area contributed by atoms with Gasteiger partial charge >= 0.3 is 0 Å². The van der Waals surface area contributed by atoms with Gasteiger partial charge in [0.05, 0.1) is 5.69 Å². The topological polar surface area (TPSA) is 46.9 Å². The molecule has 0 unspecified atom stereocenters. The molecule has 18 heavy (non-hydrogen) atoms. The van der Waals surface area contributed by atoms with E-state index in [1.54, 1.807) is 10.9 Å². The Morgan fingerprint density at radius 1 is 1.33 bits per heavy atom.